The van der Waals surface area contributed by atoms with Gasteiger partial charge in [-0.25, -0.2) is 13.4 Å². The molecule has 3 aromatic rings. The molecule has 144 valence electrons. The average Bonchev–Trinajstić information content (AvgIpc) is 3.16. The monoisotopic (exact) mass is 405 g/mol. The molecule has 0 aliphatic rings. The van der Waals surface area contributed by atoms with Crippen LogP contribution in [0.3, 0.4) is 0 Å². The van der Waals surface area contributed by atoms with Crippen molar-refractivity contribution >= 4 is 38.0 Å². The van der Waals surface area contributed by atoms with E-state index in [9.17, 15) is 8.42 Å². The molecule has 0 radical (unpaired) electrons. The Labute approximate surface area is 163 Å². The molecule has 0 saturated carbocycles. The second-order valence-corrected chi connectivity index (χ2v) is 10.1. The standard InChI is InChI=1S/C18H23N5O2S2/c1-18(2,3)12-14-11-16(23(4)21-14)20-13-5-7-15(8-6-13)27(24,25)22-17-19-9-10-26-17/h5-11,20H,12H2,1-4H3,(H,19,22). The number of hydrogen-bond donors (Lipinski definition) is 2. The van der Waals surface area contributed by atoms with Gasteiger partial charge < -0.3 is 5.32 Å². The van der Waals surface area contributed by atoms with Gasteiger partial charge in [0.05, 0.1) is 10.6 Å². The summed E-state index contributed by atoms with van der Waals surface area (Å²) in [6.07, 6.45) is 2.43. The molecule has 2 N–H and O–H groups in total. The lowest BCUT2D eigenvalue weighted by Gasteiger charge is -2.15. The quantitative estimate of drug-likeness (QED) is 0.647. The lowest BCUT2D eigenvalue weighted by Crippen LogP contribution is -2.12. The maximum Gasteiger partial charge on any atom is 0.263 e. The normalized spacial score (nSPS) is 12.1. The van der Waals surface area contributed by atoms with Crippen molar-refractivity contribution in [1.82, 2.24) is 14.8 Å². The van der Waals surface area contributed by atoms with Gasteiger partial charge in [0.2, 0.25) is 0 Å². The highest BCUT2D eigenvalue weighted by molar-refractivity contribution is 7.93. The van der Waals surface area contributed by atoms with E-state index in [4.69, 9.17) is 0 Å². The van der Waals surface area contributed by atoms with Crippen LogP contribution >= 0.6 is 11.3 Å². The minimum absolute atomic E-state index is 0.159. The summed E-state index contributed by atoms with van der Waals surface area (Å²) in [5.74, 6) is 0.853. The smallest absolute Gasteiger partial charge is 0.263 e. The number of nitrogens with zero attached hydrogens (tertiary/aromatic N) is 3. The first-order chi connectivity index (χ1) is 12.6. The van der Waals surface area contributed by atoms with Crippen molar-refractivity contribution in [3.8, 4) is 0 Å². The van der Waals surface area contributed by atoms with E-state index in [1.54, 1.807) is 40.5 Å². The Bertz CT molecular complexity index is 1000. The predicted octanol–water partition coefficient (Wildman–Crippen LogP) is 4.01. The Balaban J connectivity index is 1.73. The van der Waals surface area contributed by atoms with E-state index in [1.165, 1.54) is 11.3 Å². The van der Waals surface area contributed by atoms with Gasteiger partial charge in [0, 0.05) is 30.4 Å². The Morgan fingerprint density at radius 3 is 2.48 bits per heavy atom. The van der Waals surface area contributed by atoms with E-state index in [1.807, 2.05) is 13.1 Å². The SMILES string of the molecule is Cn1nc(CC(C)(C)C)cc1Nc1ccc(S(=O)(=O)Nc2nccs2)cc1. The summed E-state index contributed by atoms with van der Waals surface area (Å²) in [7, 11) is -1.76. The van der Waals surface area contributed by atoms with Crippen LogP contribution in [0.2, 0.25) is 0 Å². The summed E-state index contributed by atoms with van der Waals surface area (Å²) in [6.45, 7) is 6.52. The van der Waals surface area contributed by atoms with Crippen LogP contribution in [0.4, 0.5) is 16.6 Å². The van der Waals surface area contributed by atoms with Crippen LogP contribution < -0.4 is 10.0 Å². The van der Waals surface area contributed by atoms with E-state index in [-0.39, 0.29) is 10.3 Å². The minimum atomic E-state index is -3.64. The first kappa shape index (κ1) is 19.4. The molecule has 0 aliphatic heterocycles. The Hall–Kier alpha value is -2.39. The number of anilines is 3. The largest absolute Gasteiger partial charge is 0.340 e. The highest BCUT2D eigenvalue weighted by atomic mass is 32.2. The molecule has 7 nitrogen and oxygen atoms in total. The van der Waals surface area contributed by atoms with Crippen LogP contribution in [-0.4, -0.2) is 23.2 Å². The van der Waals surface area contributed by atoms with Gasteiger partial charge in [-0.3, -0.25) is 9.40 Å². The highest BCUT2D eigenvalue weighted by Gasteiger charge is 2.17. The lowest BCUT2D eigenvalue weighted by atomic mass is 9.91. The number of nitrogens with one attached hydrogen (secondary N) is 2. The third-order valence-corrected chi connectivity index (χ3v) is 5.91. The number of aryl methyl sites for hydroxylation is 1. The summed E-state index contributed by atoms with van der Waals surface area (Å²) in [5.41, 5.74) is 1.96. The van der Waals surface area contributed by atoms with Gasteiger partial charge >= 0.3 is 0 Å². The summed E-state index contributed by atoms with van der Waals surface area (Å²) in [6, 6.07) is 8.59. The number of sulfonamides is 1. The first-order valence-electron chi connectivity index (χ1n) is 8.45. The van der Waals surface area contributed by atoms with E-state index in [0.717, 1.165) is 23.6 Å². The van der Waals surface area contributed by atoms with Crippen molar-refractivity contribution in [2.24, 2.45) is 12.5 Å². The van der Waals surface area contributed by atoms with Crippen LogP contribution in [-0.2, 0) is 23.5 Å². The van der Waals surface area contributed by atoms with Crippen molar-refractivity contribution < 1.29 is 8.42 Å². The molecular formula is C18H23N5O2S2. The number of aromatic nitrogens is 3. The van der Waals surface area contributed by atoms with Crippen molar-refractivity contribution in [2.45, 2.75) is 32.1 Å². The fourth-order valence-corrected chi connectivity index (χ4v) is 4.38. The second-order valence-electron chi connectivity index (χ2n) is 7.47. The minimum Gasteiger partial charge on any atom is -0.340 e. The predicted molar refractivity (Wildman–Crippen MR) is 109 cm³/mol. The molecule has 3 rings (SSSR count). The molecule has 2 aromatic heterocycles. The number of rotatable bonds is 6. The number of benzene rings is 1. The van der Waals surface area contributed by atoms with Gasteiger partial charge in [-0.05, 0) is 36.1 Å². The van der Waals surface area contributed by atoms with Crippen molar-refractivity contribution in [3.05, 3.63) is 47.6 Å². The van der Waals surface area contributed by atoms with Crippen LogP contribution in [0.1, 0.15) is 26.5 Å². The van der Waals surface area contributed by atoms with Crippen LogP contribution in [0.15, 0.2) is 46.8 Å². The molecule has 0 bridgehead atoms. The maximum atomic E-state index is 12.4. The molecule has 0 atom stereocenters. The molecule has 0 unspecified atom stereocenters. The zero-order valence-corrected chi connectivity index (χ0v) is 17.4. The molecule has 1 aromatic carbocycles. The Morgan fingerprint density at radius 2 is 1.89 bits per heavy atom. The summed E-state index contributed by atoms with van der Waals surface area (Å²) in [5, 5.41) is 9.87. The highest BCUT2D eigenvalue weighted by Crippen LogP contribution is 2.24. The van der Waals surface area contributed by atoms with E-state index < -0.39 is 10.0 Å². The second kappa shape index (κ2) is 7.32. The summed E-state index contributed by atoms with van der Waals surface area (Å²) in [4.78, 5) is 4.13. The molecule has 0 saturated heterocycles. The van der Waals surface area contributed by atoms with E-state index >= 15 is 0 Å². The first-order valence-corrected chi connectivity index (χ1v) is 10.8. The molecule has 27 heavy (non-hydrogen) atoms. The Kier molecular flexibility index (Phi) is 5.25. The van der Waals surface area contributed by atoms with Gasteiger partial charge in [-0.1, -0.05) is 20.8 Å². The van der Waals surface area contributed by atoms with E-state index in [0.29, 0.717) is 5.13 Å². The summed E-state index contributed by atoms with van der Waals surface area (Å²) < 4.78 is 29.0. The average molecular weight is 406 g/mol. The van der Waals surface area contributed by atoms with Gasteiger partial charge in [-0.15, -0.1) is 11.3 Å². The summed E-state index contributed by atoms with van der Waals surface area (Å²) >= 11 is 1.23. The topological polar surface area (TPSA) is 88.9 Å². The third kappa shape index (κ3) is 5.08. The maximum absolute atomic E-state index is 12.4. The van der Waals surface area contributed by atoms with Crippen molar-refractivity contribution in [2.75, 3.05) is 10.0 Å². The lowest BCUT2D eigenvalue weighted by molar-refractivity contribution is 0.404. The molecule has 0 aliphatic carbocycles. The van der Waals surface area contributed by atoms with Gasteiger partial charge in [-0.2, -0.15) is 5.10 Å². The molecular weight excluding hydrogens is 382 g/mol. The number of hydrogen-bond acceptors (Lipinski definition) is 6. The van der Waals surface area contributed by atoms with Gasteiger partial charge in [0.1, 0.15) is 5.82 Å². The molecule has 2 heterocycles. The fourth-order valence-electron chi connectivity index (χ4n) is 2.59. The third-order valence-electron chi connectivity index (χ3n) is 3.73. The van der Waals surface area contributed by atoms with Crippen LogP contribution in [0.5, 0.6) is 0 Å². The zero-order chi connectivity index (χ0) is 19.7. The number of thiazole rings is 1. The van der Waals surface area contributed by atoms with Crippen LogP contribution in [0.25, 0.3) is 0 Å². The van der Waals surface area contributed by atoms with E-state index in [2.05, 4.69) is 40.9 Å². The molecule has 0 amide bonds. The fraction of sp³-hybridized carbons (Fsp3) is 0.333. The van der Waals surface area contributed by atoms with Crippen molar-refractivity contribution in [1.29, 1.82) is 0 Å². The zero-order valence-electron chi connectivity index (χ0n) is 15.7. The van der Waals surface area contributed by atoms with Gasteiger partial charge in [0.15, 0.2) is 5.13 Å². The molecule has 0 spiro atoms. The Morgan fingerprint density at radius 1 is 1.19 bits per heavy atom. The van der Waals surface area contributed by atoms with Gasteiger partial charge in [0.25, 0.3) is 10.0 Å². The molecule has 9 heteroatoms. The van der Waals surface area contributed by atoms with Crippen LogP contribution in [0, 0.1) is 5.41 Å². The molecule has 0 fully saturated rings. The van der Waals surface area contributed by atoms with Crippen molar-refractivity contribution in [3.63, 3.8) is 0 Å².